The summed E-state index contributed by atoms with van der Waals surface area (Å²) >= 11 is 0. The molecule has 0 aliphatic carbocycles. The van der Waals surface area contributed by atoms with Crippen molar-refractivity contribution >= 4 is 11.9 Å². The number of ether oxygens (including phenoxy) is 1. The lowest BCUT2D eigenvalue weighted by atomic mass is 9.95. The number of benzene rings is 2. The van der Waals surface area contributed by atoms with E-state index in [1.54, 1.807) is 24.3 Å². The predicted molar refractivity (Wildman–Crippen MR) is 103 cm³/mol. The Morgan fingerprint density at radius 1 is 1.15 bits per heavy atom. The molecule has 2 aromatic rings. The lowest BCUT2D eigenvalue weighted by Crippen LogP contribution is -2.42. The van der Waals surface area contributed by atoms with Crippen molar-refractivity contribution in [2.75, 3.05) is 6.61 Å². The molecule has 5 heteroatoms. The van der Waals surface area contributed by atoms with Gasteiger partial charge in [0.2, 0.25) is 5.91 Å². The highest BCUT2D eigenvalue weighted by Crippen LogP contribution is 2.28. The molecule has 3 rings (SSSR count). The van der Waals surface area contributed by atoms with Crippen molar-refractivity contribution in [3.05, 3.63) is 70.8 Å². The maximum atomic E-state index is 12.5. The number of aryl methyl sites for hydroxylation is 2. The second-order valence-electron chi connectivity index (χ2n) is 6.98. The maximum Gasteiger partial charge on any atom is 0.335 e. The minimum Gasteiger partial charge on any atom is -0.478 e. The fourth-order valence-corrected chi connectivity index (χ4v) is 3.49. The summed E-state index contributed by atoms with van der Waals surface area (Å²) in [5.41, 5.74) is 3.19. The molecule has 142 valence electrons. The molecule has 5 nitrogen and oxygen atoms in total. The Morgan fingerprint density at radius 3 is 2.63 bits per heavy atom. The lowest BCUT2D eigenvalue weighted by Gasteiger charge is -2.32. The van der Waals surface area contributed by atoms with Crippen LogP contribution in [0.2, 0.25) is 0 Å². The first-order valence-corrected chi connectivity index (χ1v) is 9.33. The van der Waals surface area contributed by atoms with E-state index in [1.165, 1.54) is 5.56 Å². The minimum absolute atomic E-state index is 0.0660. The Bertz CT molecular complexity index is 800. The zero-order chi connectivity index (χ0) is 19.2. The van der Waals surface area contributed by atoms with Gasteiger partial charge in [-0.15, -0.1) is 0 Å². The van der Waals surface area contributed by atoms with Crippen molar-refractivity contribution in [1.82, 2.24) is 5.32 Å². The summed E-state index contributed by atoms with van der Waals surface area (Å²) in [5, 5.41) is 12.3. The number of aromatic carboxylic acids is 1. The van der Waals surface area contributed by atoms with E-state index in [0.29, 0.717) is 18.6 Å². The van der Waals surface area contributed by atoms with Gasteiger partial charge in [0, 0.05) is 13.0 Å². The van der Waals surface area contributed by atoms with Crippen molar-refractivity contribution in [2.45, 2.75) is 44.8 Å². The highest BCUT2D eigenvalue weighted by Gasteiger charge is 2.28. The van der Waals surface area contributed by atoms with Crippen molar-refractivity contribution in [3.63, 3.8) is 0 Å². The molecule has 0 spiro atoms. The minimum atomic E-state index is -0.967. The molecule has 0 radical (unpaired) electrons. The van der Waals surface area contributed by atoms with E-state index >= 15 is 0 Å². The molecule has 1 amide bonds. The normalized spacial score (nSPS) is 19.4. The molecule has 1 aliphatic rings. The van der Waals surface area contributed by atoms with Gasteiger partial charge in [0.25, 0.3) is 0 Å². The number of carboxylic acid groups (broad SMARTS) is 1. The predicted octanol–water partition coefficient (Wildman–Crippen LogP) is 3.66. The highest BCUT2D eigenvalue weighted by molar-refractivity contribution is 5.89. The molecule has 2 aromatic carbocycles. The van der Waals surface area contributed by atoms with Crippen LogP contribution in [0.1, 0.15) is 52.4 Å². The standard InChI is InChI=1S/C22H25NO4/c1-15-8-10-17(11-9-15)21-19(7-4-14-27-21)23-20(24)13-12-16-5-2-3-6-18(16)22(25)26/h2-3,5-6,8-11,19,21H,4,7,12-14H2,1H3,(H,23,24)(H,25,26). The van der Waals surface area contributed by atoms with Crippen LogP contribution in [0.3, 0.4) is 0 Å². The Balaban J connectivity index is 1.62. The molecule has 0 bridgehead atoms. The maximum absolute atomic E-state index is 12.5. The molecule has 1 aliphatic heterocycles. The Labute approximate surface area is 159 Å². The number of carbonyl (C=O) groups is 2. The zero-order valence-electron chi connectivity index (χ0n) is 15.5. The second kappa shape index (κ2) is 8.82. The molecule has 1 heterocycles. The van der Waals surface area contributed by atoms with Crippen molar-refractivity contribution in [1.29, 1.82) is 0 Å². The number of nitrogens with one attached hydrogen (secondary N) is 1. The number of carbonyl (C=O) groups excluding carboxylic acids is 1. The van der Waals surface area contributed by atoms with E-state index in [-0.39, 0.29) is 30.0 Å². The van der Waals surface area contributed by atoms with E-state index in [2.05, 4.69) is 17.4 Å². The topological polar surface area (TPSA) is 75.6 Å². The van der Waals surface area contributed by atoms with Crippen LogP contribution in [0.4, 0.5) is 0 Å². The summed E-state index contributed by atoms with van der Waals surface area (Å²) in [4.78, 5) is 23.8. The molecular weight excluding hydrogens is 342 g/mol. The summed E-state index contributed by atoms with van der Waals surface area (Å²) in [6.07, 6.45) is 2.29. The van der Waals surface area contributed by atoms with Gasteiger partial charge in [-0.3, -0.25) is 4.79 Å². The summed E-state index contributed by atoms with van der Waals surface area (Å²) in [6.45, 7) is 2.73. The molecular formula is C22H25NO4. The summed E-state index contributed by atoms with van der Waals surface area (Å²) in [7, 11) is 0. The van der Waals surface area contributed by atoms with Gasteiger partial charge in [0.15, 0.2) is 0 Å². The molecule has 0 saturated carbocycles. The zero-order valence-corrected chi connectivity index (χ0v) is 15.5. The molecule has 0 aromatic heterocycles. The van der Waals surface area contributed by atoms with Gasteiger partial charge in [0.05, 0.1) is 11.6 Å². The molecule has 2 atom stereocenters. The van der Waals surface area contributed by atoms with Gasteiger partial charge in [-0.05, 0) is 43.4 Å². The molecule has 2 N–H and O–H groups in total. The van der Waals surface area contributed by atoms with Gasteiger partial charge in [0.1, 0.15) is 6.10 Å². The van der Waals surface area contributed by atoms with Crippen LogP contribution >= 0.6 is 0 Å². The van der Waals surface area contributed by atoms with Crippen LogP contribution in [0.15, 0.2) is 48.5 Å². The number of hydrogen-bond acceptors (Lipinski definition) is 3. The van der Waals surface area contributed by atoms with Crippen LogP contribution in [-0.2, 0) is 16.0 Å². The van der Waals surface area contributed by atoms with Crippen molar-refractivity contribution in [2.24, 2.45) is 0 Å². The SMILES string of the molecule is Cc1ccc(C2OCCCC2NC(=O)CCc2ccccc2C(=O)O)cc1. The number of hydrogen-bond donors (Lipinski definition) is 2. The van der Waals surface area contributed by atoms with E-state index in [1.807, 2.05) is 19.1 Å². The van der Waals surface area contributed by atoms with E-state index < -0.39 is 5.97 Å². The van der Waals surface area contributed by atoms with Gasteiger partial charge in [-0.2, -0.15) is 0 Å². The molecule has 1 saturated heterocycles. The Morgan fingerprint density at radius 2 is 1.89 bits per heavy atom. The largest absolute Gasteiger partial charge is 0.478 e. The van der Waals surface area contributed by atoms with Crippen LogP contribution in [0.25, 0.3) is 0 Å². The average Bonchev–Trinajstić information content (AvgIpc) is 2.68. The fourth-order valence-electron chi connectivity index (χ4n) is 3.49. The first kappa shape index (κ1) is 19.1. The fraction of sp³-hybridized carbons (Fsp3) is 0.364. The molecule has 27 heavy (non-hydrogen) atoms. The van der Waals surface area contributed by atoms with Crippen molar-refractivity contribution < 1.29 is 19.4 Å². The third-order valence-corrected chi connectivity index (χ3v) is 4.94. The van der Waals surface area contributed by atoms with Gasteiger partial charge in [-0.25, -0.2) is 4.79 Å². The van der Waals surface area contributed by atoms with Crippen LogP contribution in [-0.4, -0.2) is 29.6 Å². The number of amides is 1. The van der Waals surface area contributed by atoms with Gasteiger partial charge >= 0.3 is 5.97 Å². The van der Waals surface area contributed by atoms with E-state index in [0.717, 1.165) is 18.4 Å². The Kier molecular flexibility index (Phi) is 6.24. The lowest BCUT2D eigenvalue weighted by molar-refractivity contribution is -0.124. The first-order chi connectivity index (χ1) is 13.0. The molecule has 2 unspecified atom stereocenters. The third-order valence-electron chi connectivity index (χ3n) is 4.94. The summed E-state index contributed by atoms with van der Waals surface area (Å²) in [5.74, 6) is -1.05. The molecule has 1 fully saturated rings. The van der Waals surface area contributed by atoms with E-state index in [4.69, 9.17) is 4.74 Å². The van der Waals surface area contributed by atoms with Gasteiger partial charge in [-0.1, -0.05) is 48.0 Å². The van der Waals surface area contributed by atoms with Crippen LogP contribution in [0, 0.1) is 6.92 Å². The van der Waals surface area contributed by atoms with E-state index in [9.17, 15) is 14.7 Å². The van der Waals surface area contributed by atoms with Crippen LogP contribution in [0.5, 0.6) is 0 Å². The first-order valence-electron chi connectivity index (χ1n) is 9.33. The summed E-state index contributed by atoms with van der Waals surface area (Å²) in [6, 6.07) is 14.9. The van der Waals surface area contributed by atoms with Crippen LogP contribution < -0.4 is 5.32 Å². The number of carboxylic acids is 1. The van der Waals surface area contributed by atoms with Crippen molar-refractivity contribution in [3.8, 4) is 0 Å². The quantitative estimate of drug-likeness (QED) is 0.817. The smallest absolute Gasteiger partial charge is 0.335 e. The van der Waals surface area contributed by atoms with Gasteiger partial charge < -0.3 is 15.2 Å². The third kappa shape index (κ3) is 4.95. The summed E-state index contributed by atoms with van der Waals surface area (Å²) < 4.78 is 5.94. The number of rotatable bonds is 6. The monoisotopic (exact) mass is 367 g/mol. The average molecular weight is 367 g/mol. The second-order valence-corrected chi connectivity index (χ2v) is 6.98. The Hall–Kier alpha value is -2.66. The highest BCUT2D eigenvalue weighted by atomic mass is 16.5.